The summed E-state index contributed by atoms with van der Waals surface area (Å²) in [6.45, 7) is 3.34. The molecule has 0 aliphatic carbocycles. The maximum Gasteiger partial charge on any atom is 0.243 e. The van der Waals surface area contributed by atoms with Crippen LogP contribution in [0.1, 0.15) is 19.8 Å². The molecular formula is C14H18N2O3. The van der Waals surface area contributed by atoms with E-state index in [1.807, 2.05) is 6.92 Å². The standard InChI is InChI=1S/C14H18N2O3/c1-2-19-12-7-5-11(6-8-12)15-13(17)10-16-9-3-4-14(16)18/h5-8H,2-4,9-10H2,1H3,(H,15,17). The molecular weight excluding hydrogens is 244 g/mol. The van der Waals surface area contributed by atoms with Gasteiger partial charge in [0.05, 0.1) is 13.2 Å². The van der Waals surface area contributed by atoms with E-state index in [9.17, 15) is 9.59 Å². The van der Waals surface area contributed by atoms with Gasteiger partial charge in [-0.15, -0.1) is 0 Å². The summed E-state index contributed by atoms with van der Waals surface area (Å²) >= 11 is 0. The topological polar surface area (TPSA) is 58.6 Å². The zero-order valence-electron chi connectivity index (χ0n) is 11.0. The molecule has 1 aromatic carbocycles. The van der Waals surface area contributed by atoms with E-state index in [0.717, 1.165) is 12.2 Å². The summed E-state index contributed by atoms with van der Waals surface area (Å²) in [5.41, 5.74) is 0.708. The van der Waals surface area contributed by atoms with Gasteiger partial charge >= 0.3 is 0 Å². The molecule has 0 spiro atoms. The van der Waals surface area contributed by atoms with Crippen molar-refractivity contribution < 1.29 is 14.3 Å². The minimum atomic E-state index is -0.167. The van der Waals surface area contributed by atoms with Gasteiger partial charge < -0.3 is 15.0 Å². The molecule has 0 radical (unpaired) electrons. The monoisotopic (exact) mass is 262 g/mol. The smallest absolute Gasteiger partial charge is 0.243 e. The van der Waals surface area contributed by atoms with Gasteiger partial charge in [0.25, 0.3) is 0 Å². The molecule has 2 amide bonds. The lowest BCUT2D eigenvalue weighted by Crippen LogP contribution is -2.33. The van der Waals surface area contributed by atoms with Crippen molar-refractivity contribution in [3.05, 3.63) is 24.3 Å². The van der Waals surface area contributed by atoms with Crippen LogP contribution in [0.25, 0.3) is 0 Å². The zero-order valence-corrected chi connectivity index (χ0v) is 11.0. The number of nitrogens with one attached hydrogen (secondary N) is 1. The molecule has 0 atom stereocenters. The van der Waals surface area contributed by atoms with E-state index < -0.39 is 0 Å². The van der Waals surface area contributed by atoms with Crippen molar-refractivity contribution in [3.8, 4) is 5.75 Å². The van der Waals surface area contributed by atoms with Crippen LogP contribution in [0.4, 0.5) is 5.69 Å². The summed E-state index contributed by atoms with van der Waals surface area (Å²) in [5, 5.41) is 2.77. The molecule has 102 valence electrons. The van der Waals surface area contributed by atoms with Crippen LogP contribution in [0.3, 0.4) is 0 Å². The summed E-state index contributed by atoms with van der Waals surface area (Å²) in [6.07, 6.45) is 1.39. The lowest BCUT2D eigenvalue weighted by atomic mass is 10.3. The maximum absolute atomic E-state index is 11.8. The molecule has 1 saturated heterocycles. The van der Waals surface area contributed by atoms with Crippen LogP contribution in [0.2, 0.25) is 0 Å². The number of nitrogens with zero attached hydrogens (tertiary/aromatic N) is 1. The third kappa shape index (κ3) is 3.71. The van der Waals surface area contributed by atoms with Crippen molar-refractivity contribution in [1.82, 2.24) is 4.90 Å². The summed E-state index contributed by atoms with van der Waals surface area (Å²) in [7, 11) is 0. The number of amides is 2. The average Bonchev–Trinajstić information content (AvgIpc) is 2.78. The van der Waals surface area contributed by atoms with E-state index in [4.69, 9.17) is 4.74 Å². The van der Waals surface area contributed by atoms with Crippen molar-refractivity contribution >= 4 is 17.5 Å². The maximum atomic E-state index is 11.8. The van der Waals surface area contributed by atoms with Crippen LogP contribution in [-0.2, 0) is 9.59 Å². The van der Waals surface area contributed by atoms with Gasteiger partial charge in [0.15, 0.2) is 0 Å². The molecule has 1 aromatic rings. The molecule has 1 fully saturated rings. The Labute approximate surface area is 112 Å². The molecule has 19 heavy (non-hydrogen) atoms. The van der Waals surface area contributed by atoms with Crippen molar-refractivity contribution in [2.75, 3.05) is 25.0 Å². The highest BCUT2D eigenvalue weighted by molar-refractivity contribution is 5.94. The molecule has 1 aliphatic heterocycles. The third-order valence-electron chi connectivity index (χ3n) is 2.95. The van der Waals surface area contributed by atoms with Gasteiger partial charge in [-0.25, -0.2) is 0 Å². The molecule has 0 aromatic heterocycles. The highest BCUT2D eigenvalue weighted by Gasteiger charge is 2.22. The first-order valence-electron chi connectivity index (χ1n) is 6.49. The molecule has 1 heterocycles. The van der Waals surface area contributed by atoms with Crippen LogP contribution in [0.15, 0.2) is 24.3 Å². The molecule has 2 rings (SSSR count). The van der Waals surface area contributed by atoms with Crippen LogP contribution >= 0.6 is 0 Å². The van der Waals surface area contributed by atoms with Gasteiger partial charge in [-0.2, -0.15) is 0 Å². The molecule has 0 unspecified atom stereocenters. The number of carbonyl (C=O) groups is 2. The van der Waals surface area contributed by atoms with Crippen molar-refractivity contribution in [2.45, 2.75) is 19.8 Å². The van der Waals surface area contributed by atoms with Gasteiger partial charge in [-0.3, -0.25) is 9.59 Å². The Balaban J connectivity index is 1.86. The fourth-order valence-corrected chi connectivity index (χ4v) is 2.05. The number of hydrogen-bond acceptors (Lipinski definition) is 3. The summed E-state index contributed by atoms with van der Waals surface area (Å²) in [5.74, 6) is 0.663. The predicted molar refractivity (Wildman–Crippen MR) is 72.1 cm³/mol. The molecule has 1 N–H and O–H groups in total. The number of ether oxygens (including phenoxy) is 1. The van der Waals surface area contributed by atoms with Crippen molar-refractivity contribution in [2.24, 2.45) is 0 Å². The van der Waals surface area contributed by atoms with Gasteiger partial charge in [0.1, 0.15) is 5.75 Å². The number of anilines is 1. The van der Waals surface area contributed by atoms with E-state index in [1.165, 1.54) is 0 Å². The van der Waals surface area contributed by atoms with E-state index in [1.54, 1.807) is 29.2 Å². The fourth-order valence-electron chi connectivity index (χ4n) is 2.05. The Kier molecular flexibility index (Phi) is 4.39. The zero-order chi connectivity index (χ0) is 13.7. The lowest BCUT2D eigenvalue weighted by molar-refractivity contribution is -0.131. The largest absolute Gasteiger partial charge is 0.494 e. The second-order valence-corrected chi connectivity index (χ2v) is 4.42. The van der Waals surface area contributed by atoms with Crippen molar-refractivity contribution in [3.63, 3.8) is 0 Å². The number of rotatable bonds is 5. The first-order chi connectivity index (χ1) is 9.19. The Morgan fingerprint density at radius 1 is 1.37 bits per heavy atom. The first-order valence-corrected chi connectivity index (χ1v) is 6.49. The van der Waals surface area contributed by atoms with Gasteiger partial charge in [-0.05, 0) is 37.6 Å². The summed E-state index contributed by atoms with van der Waals surface area (Å²) in [4.78, 5) is 24.8. The summed E-state index contributed by atoms with van der Waals surface area (Å²) < 4.78 is 5.32. The second kappa shape index (κ2) is 6.22. The van der Waals surface area contributed by atoms with Gasteiger partial charge in [0.2, 0.25) is 11.8 Å². The minimum absolute atomic E-state index is 0.0573. The Hall–Kier alpha value is -2.04. The van der Waals surface area contributed by atoms with Crippen molar-refractivity contribution in [1.29, 1.82) is 0 Å². The molecule has 0 saturated carbocycles. The van der Waals surface area contributed by atoms with E-state index in [2.05, 4.69) is 5.32 Å². The third-order valence-corrected chi connectivity index (χ3v) is 2.95. The number of likely N-dealkylation sites (tertiary alicyclic amines) is 1. The van der Waals surface area contributed by atoms with E-state index >= 15 is 0 Å². The Morgan fingerprint density at radius 3 is 2.68 bits per heavy atom. The normalized spacial score (nSPS) is 14.6. The second-order valence-electron chi connectivity index (χ2n) is 4.42. The molecule has 1 aliphatic rings. The number of hydrogen-bond donors (Lipinski definition) is 1. The van der Waals surface area contributed by atoms with E-state index in [-0.39, 0.29) is 18.4 Å². The molecule has 5 heteroatoms. The summed E-state index contributed by atoms with van der Waals surface area (Å²) in [6, 6.07) is 7.18. The van der Waals surface area contributed by atoms with Gasteiger partial charge in [-0.1, -0.05) is 0 Å². The predicted octanol–water partition coefficient (Wildman–Crippen LogP) is 1.65. The fraction of sp³-hybridized carbons (Fsp3) is 0.429. The van der Waals surface area contributed by atoms with Crippen LogP contribution in [0.5, 0.6) is 5.75 Å². The molecule has 0 bridgehead atoms. The number of benzene rings is 1. The highest BCUT2D eigenvalue weighted by Crippen LogP contribution is 2.16. The van der Waals surface area contributed by atoms with Crippen LogP contribution in [0, 0.1) is 0 Å². The minimum Gasteiger partial charge on any atom is -0.494 e. The first kappa shape index (κ1) is 13.4. The Bertz CT molecular complexity index is 456. The lowest BCUT2D eigenvalue weighted by Gasteiger charge is -2.15. The van der Waals surface area contributed by atoms with Gasteiger partial charge in [0, 0.05) is 18.7 Å². The number of carbonyl (C=O) groups excluding carboxylic acids is 2. The average molecular weight is 262 g/mol. The Morgan fingerprint density at radius 2 is 2.11 bits per heavy atom. The SMILES string of the molecule is CCOc1ccc(NC(=O)CN2CCCC2=O)cc1. The highest BCUT2D eigenvalue weighted by atomic mass is 16.5. The van der Waals surface area contributed by atoms with Crippen LogP contribution in [-0.4, -0.2) is 36.4 Å². The quantitative estimate of drug-likeness (QED) is 0.877. The molecule has 5 nitrogen and oxygen atoms in total. The van der Waals surface area contributed by atoms with E-state index in [0.29, 0.717) is 25.3 Å². The van der Waals surface area contributed by atoms with Crippen LogP contribution < -0.4 is 10.1 Å².